The molecule has 0 saturated heterocycles. The lowest BCUT2D eigenvalue weighted by Gasteiger charge is -2.19. The van der Waals surface area contributed by atoms with E-state index in [1.807, 2.05) is 31.2 Å². The summed E-state index contributed by atoms with van der Waals surface area (Å²) in [5.74, 6) is 2.18. The third kappa shape index (κ3) is 6.58. The minimum absolute atomic E-state index is 0.190. The summed E-state index contributed by atoms with van der Waals surface area (Å²) < 4.78 is 11.3. The van der Waals surface area contributed by atoms with E-state index in [0.717, 1.165) is 37.4 Å². The van der Waals surface area contributed by atoms with Gasteiger partial charge in [0.25, 0.3) is 0 Å². The molecule has 1 aromatic rings. The molecule has 0 aliphatic carbocycles. The van der Waals surface area contributed by atoms with Crippen molar-refractivity contribution < 1.29 is 9.47 Å². The number of hydrogen-bond acceptors (Lipinski definition) is 3. The Labute approximate surface area is 134 Å². The first-order valence-electron chi connectivity index (χ1n) is 7.92. The second kappa shape index (κ2) is 10.7. The van der Waals surface area contributed by atoms with Crippen molar-refractivity contribution in [3.8, 4) is 11.5 Å². The maximum atomic E-state index is 6.39. The van der Waals surface area contributed by atoms with Crippen molar-refractivity contribution in [2.75, 3.05) is 26.3 Å². The number of hydrogen-bond donors (Lipinski definition) is 1. The van der Waals surface area contributed by atoms with Crippen LogP contribution in [0.15, 0.2) is 24.3 Å². The van der Waals surface area contributed by atoms with Crippen LogP contribution < -0.4 is 14.8 Å². The predicted molar refractivity (Wildman–Crippen MR) is 89.7 cm³/mol. The van der Waals surface area contributed by atoms with Gasteiger partial charge in [0.2, 0.25) is 0 Å². The number of rotatable bonds is 11. The van der Waals surface area contributed by atoms with Gasteiger partial charge in [-0.15, -0.1) is 11.6 Å². The molecule has 0 aliphatic rings. The van der Waals surface area contributed by atoms with Crippen molar-refractivity contribution in [1.29, 1.82) is 0 Å². The monoisotopic (exact) mass is 313 g/mol. The standard InChI is InChI=1S/C17H28ClNO2/c1-4-14(5-2)15(18)13-19-11-12-21-17-10-8-7-9-16(17)20-6-3/h7-10,14-15,19H,4-6,11-13H2,1-3H3. The fourth-order valence-corrected chi connectivity index (χ4v) is 2.75. The van der Waals surface area contributed by atoms with E-state index in [1.165, 1.54) is 0 Å². The summed E-state index contributed by atoms with van der Waals surface area (Å²) in [7, 11) is 0. The first kappa shape index (κ1) is 18.1. The first-order chi connectivity index (χ1) is 10.2. The van der Waals surface area contributed by atoms with Crippen molar-refractivity contribution in [3.05, 3.63) is 24.3 Å². The van der Waals surface area contributed by atoms with Gasteiger partial charge in [0, 0.05) is 18.5 Å². The van der Waals surface area contributed by atoms with Crippen LogP contribution >= 0.6 is 11.6 Å². The molecule has 0 aliphatic heterocycles. The molecule has 21 heavy (non-hydrogen) atoms. The number of halogens is 1. The molecule has 1 aromatic carbocycles. The molecule has 0 saturated carbocycles. The Morgan fingerprint density at radius 1 is 1.05 bits per heavy atom. The Kier molecular flexibility index (Phi) is 9.27. The summed E-state index contributed by atoms with van der Waals surface area (Å²) in [4.78, 5) is 0. The number of nitrogens with one attached hydrogen (secondary N) is 1. The van der Waals surface area contributed by atoms with Gasteiger partial charge in [0.15, 0.2) is 11.5 Å². The highest BCUT2D eigenvalue weighted by Crippen LogP contribution is 2.26. The maximum Gasteiger partial charge on any atom is 0.161 e. The quantitative estimate of drug-likeness (QED) is 0.493. The van der Waals surface area contributed by atoms with Gasteiger partial charge in [0.1, 0.15) is 6.61 Å². The summed E-state index contributed by atoms with van der Waals surface area (Å²) in [5, 5.41) is 3.55. The maximum absolute atomic E-state index is 6.39. The Balaban J connectivity index is 2.25. The molecule has 0 amide bonds. The molecule has 0 spiro atoms. The highest BCUT2D eigenvalue weighted by Gasteiger charge is 2.14. The highest BCUT2D eigenvalue weighted by atomic mass is 35.5. The molecule has 4 heteroatoms. The van der Waals surface area contributed by atoms with Crippen molar-refractivity contribution in [1.82, 2.24) is 5.32 Å². The number of para-hydroxylation sites is 2. The van der Waals surface area contributed by atoms with Crippen molar-refractivity contribution in [3.63, 3.8) is 0 Å². The van der Waals surface area contributed by atoms with E-state index in [4.69, 9.17) is 21.1 Å². The van der Waals surface area contributed by atoms with Crippen LogP contribution in [0, 0.1) is 5.92 Å². The second-order valence-corrected chi connectivity index (χ2v) is 5.59. The Hall–Kier alpha value is -0.930. The zero-order chi connectivity index (χ0) is 15.5. The summed E-state index contributed by atoms with van der Waals surface area (Å²) >= 11 is 6.39. The SMILES string of the molecule is CCOc1ccccc1OCCNCC(Cl)C(CC)CC. The lowest BCUT2D eigenvalue weighted by molar-refractivity contribution is 0.275. The molecule has 0 fully saturated rings. The summed E-state index contributed by atoms with van der Waals surface area (Å²) in [6, 6.07) is 7.75. The van der Waals surface area contributed by atoms with Crippen LogP contribution in [-0.4, -0.2) is 31.7 Å². The van der Waals surface area contributed by atoms with E-state index in [1.54, 1.807) is 0 Å². The summed E-state index contributed by atoms with van der Waals surface area (Å²) in [5.41, 5.74) is 0. The van der Waals surface area contributed by atoms with Gasteiger partial charge >= 0.3 is 0 Å². The van der Waals surface area contributed by atoms with Gasteiger partial charge in [-0.2, -0.15) is 0 Å². The topological polar surface area (TPSA) is 30.5 Å². The largest absolute Gasteiger partial charge is 0.490 e. The van der Waals surface area contributed by atoms with Crippen LogP contribution in [-0.2, 0) is 0 Å². The Morgan fingerprint density at radius 3 is 2.24 bits per heavy atom. The normalized spacial score (nSPS) is 12.4. The molecule has 0 aromatic heterocycles. The molecule has 0 bridgehead atoms. The molecule has 1 N–H and O–H groups in total. The van der Waals surface area contributed by atoms with Crippen LogP contribution in [0.3, 0.4) is 0 Å². The van der Waals surface area contributed by atoms with Crippen LogP contribution in [0.2, 0.25) is 0 Å². The zero-order valence-corrected chi connectivity index (χ0v) is 14.2. The number of benzene rings is 1. The van der Waals surface area contributed by atoms with Gasteiger partial charge in [-0.25, -0.2) is 0 Å². The molecule has 1 rings (SSSR count). The van der Waals surface area contributed by atoms with Crippen LogP contribution in [0.1, 0.15) is 33.6 Å². The highest BCUT2D eigenvalue weighted by molar-refractivity contribution is 6.21. The van der Waals surface area contributed by atoms with E-state index in [0.29, 0.717) is 19.1 Å². The molecular formula is C17H28ClNO2. The molecule has 120 valence electrons. The molecule has 1 unspecified atom stereocenters. The van der Waals surface area contributed by atoms with E-state index in [2.05, 4.69) is 19.2 Å². The lowest BCUT2D eigenvalue weighted by atomic mass is 9.99. The lowest BCUT2D eigenvalue weighted by Crippen LogP contribution is -2.31. The number of ether oxygens (including phenoxy) is 2. The second-order valence-electron chi connectivity index (χ2n) is 5.02. The minimum Gasteiger partial charge on any atom is -0.490 e. The number of alkyl halides is 1. The third-order valence-corrected chi connectivity index (χ3v) is 4.10. The Bertz CT molecular complexity index is 383. The third-order valence-electron chi connectivity index (χ3n) is 3.59. The minimum atomic E-state index is 0.190. The van der Waals surface area contributed by atoms with Crippen LogP contribution in [0.5, 0.6) is 11.5 Å². The van der Waals surface area contributed by atoms with Gasteiger partial charge in [-0.05, 0) is 25.0 Å². The zero-order valence-electron chi connectivity index (χ0n) is 13.4. The molecular weight excluding hydrogens is 286 g/mol. The first-order valence-corrected chi connectivity index (χ1v) is 8.35. The molecule has 3 nitrogen and oxygen atoms in total. The van der Waals surface area contributed by atoms with Crippen molar-refractivity contribution in [2.45, 2.75) is 39.0 Å². The Morgan fingerprint density at radius 2 is 1.67 bits per heavy atom. The van der Waals surface area contributed by atoms with Crippen LogP contribution in [0.4, 0.5) is 0 Å². The fraction of sp³-hybridized carbons (Fsp3) is 0.647. The molecule has 0 radical (unpaired) electrons. The van der Waals surface area contributed by atoms with E-state index >= 15 is 0 Å². The van der Waals surface area contributed by atoms with Gasteiger partial charge < -0.3 is 14.8 Å². The van der Waals surface area contributed by atoms with Gasteiger partial charge in [-0.3, -0.25) is 0 Å². The van der Waals surface area contributed by atoms with Crippen LogP contribution in [0.25, 0.3) is 0 Å². The van der Waals surface area contributed by atoms with Crippen molar-refractivity contribution >= 4 is 11.6 Å². The van der Waals surface area contributed by atoms with E-state index < -0.39 is 0 Å². The average molecular weight is 314 g/mol. The predicted octanol–water partition coefficient (Wildman–Crippen LogP) is 4.10. The van der Waals surface area contributed by atoms with Gasteiger partial charge in [-0.1, -0.05) is 38.8 Å². The summed E-state index contributed by atoms with van der Waals surface area (Å²) in [6.07, 6.45) is 2.26. The van der Waals surface area contributed by atoms with E-state index in [9.17, 15) is 0 Å². The fourth-order valence-electron chi connectivity index (χ4n) is 2.28. The van der Waals surface area contributed by atoms with E-state index in [-0.39, 0.29) is 5.38 Å². The molecule has 0 heterocycles. The smallest absolute Gasteiger partial charge is 0.161 e. The van der Waals surface area contributed by atoms with Gasteiger partial charge in [0.05, 0.1) is 6.61 Å². The summed E-state index contributed by atoms with van der Waals surface area (Å²) in [6.45, 7) is 9.21. The van der Waals surface area contributed by atoms with Crippen molar-refractivity contribution in [2.24, 2.45) is 5.92 Å². The molecule has 1 atom stereocenters. The average Bonchev–Trinajstić information content (AvgIpc) is 2.50.